The van der Waals surface area contributed by atoms with Gasteiger partial charge in [0.25, 0.3) is 5.91 Å². The predicted molar refractivity (Wildman–Crippen MR) is 162 cm³/mol. The fraction of sp³-hybridized carbons (Fsp3) is 0.514. The summed E-state index contributed by atoms with van der Waals surface area (Å²) in [5.41, 5.74) is 5.68. The van der Waals surface area contributed by atoms with Crippen molar-refractivity contribution in [2.75, 3.05) is 13.7 Å². The Bertz CT molecular complexity index is 1600. The molecule has 1 aliphatic heterocycles. The van der Waals surface area contributed by atoms with Crippen LogP contribution in [-0.4, -0.2) is 46.6 Å². The second kappa shape index (κ2) is 10.4. The van der Waals surface area contributed by atoms with Crippen molar-refractivity contribution in [2.24, 2.45) is 22.7 Å². The first-order valence-corrected chi connectivity index (χ1v) is 15.6. The van der Waals surface area contributed by atoms with E-state index in [-0.39, 0.29) is 40.7 Å². The maximum Gasteiger partial charge on any atom is 0.306 e. The minimum atomic E-state index is -0.696. The molecule has 0 radical (unpaired) electrons. The lowest BCUT2D eigenvalue weighted by atomic mass is 9.50. The highest BCUT2D eigenvalue weighted by Gasteiger charge is 2.55. The monoisotopic (exact) mass is 580 g/mol. The van der Waals surface area contributed by atoms with Crippen molar-refractivity contribution in [3.63, 3.8) is 0 Å². The number of aromatic amines is 1. The number of carboxylic acids is 1. The number of aliphatic carboxylic acids is 1. The van der Waals surface area contributed by atoms with Crippen molar-refractivity contribution in [2.45, 2.75) is 76.9 Å². The highest BCUT2D eigenvalue weighted by molar-refractivity contribution is 5.94. The fourth-order valence-electron chi connectivity index (χ4n) is 8.83. The van der Waals surface area contributed by atoms with Gasteiger partial charge in [-0.25, -0.2) is 0 Å². The van der Waals surface area contributed by atoms with E-state index in [0.717, 1.165) is 81.3 Å². The quantitative estimate of drug-likeness (QED) is 0.310. The smallest absolute Gasteiger partial charge is 0.306 e. The van der Waals surface area contributed by atoms with E-state index < -0.39 is 5.97 Å². The Morgan fingerprint density at radius 3 is 2.51 bits per heavy atom. The molecule has 7 rings (SSSR count). The number of amides is 1. The Morgan fingerprint density at radius 2 is 1.84 bits per heavy atom. The molecular weight excluding hydrogens is 540 g/mol. The molecule has 43 heavy (non-hydrogen) atoms. The number of fused-ring (bicyclic) bond motifs is 1. The number of hydrogen-bond donors (Lipinski definition) is 3. The molecule has 2 spiro atoms. The summed E-state index contributed by atoms with van der Waals surface area (Å²) in [6, 6.07) is 15.1. The van der Waals surface area contributed by atoms with Crippen LogP contribution >= 0.6 is 0 Å². The summed E-state index contributed by atoms with van der Waals surface area (Å²) < 4.78 is 5.87. The van der Waals surface area contributed by atoms with E-state index >= 15 is 0 Å². The molecule has 1 unspecified atom stereocenters. The second-order valence-corrected chi connectivity index (χ2v) is 14.0. The van der Waals surface area contributed by atoms with Gasteiger partial charge in [-0.3, -0.25) is 14.5 Å². The number of carbonyl (C=O) groups excluding carboxylic acids is 1. The van der Waals surface area contributed by atoms with Gasteiger partial charge < -0.3 is 20.1 Å². The number of benzene rings is 2. The zero-order chi connectivity index (χ0) is 29.9. The molecule has 8 heteroatoms. The summed E-state index contributed by atoms with van der Waals surface area (Å²) >= 11 is 0. The average molecular weight is 581 g/mol. The molecule has 1 aromatic heterocycles. The molecule has 1 saturated heterocycles. The van der Waals surface area contributed by atoms with Crippen molar-refractivity contribution >= 4 is 22.8 Å². The van der Waals surface area contributed by atoms with Crippen LogP contribution in [0.1, 0.15) is 84.5 Å². The number of hydrogen-bond acceptors (Lipinski definition) is 5. The van der Waals surface area contributed by atoms with E-state index in [2.05, 4.69) is 52.5 Å². The summed E-state index contributed by atoms with van der Waals surface area (Å²) in [6.45, 7) is 3.80. The lowest BCUT2D eigenvalue weighted by Gasteiger charge is -2.56. The molecular formula is C35H40N4O4. The Morgan fingerprint density at radius 1 is 1.09 bits per heavy atom. The molecule has 4 fully saturated rings. The third-order valence-corrected chi connectivity index (χ3v) is 11.2. The number of likely N-dealkylation sites (tertiary alicyclic amines) is 1. The number of aryl methyl sites for hydroxylation is 1. The van der Waals surface area contributed by atoms with Crippen LogP contribution in [0.2, 0.25) is 0 Å². The summed E-state index contributed by atoms with van der Waals surface area (Å²) in [4.78, 5) is 30.2. The Kier molecular flexibility index (Phi) is 6.77. The third-order valence-electron chi connectivity index (χ3n) is 11.2. The Hall–Kier alpha value is -3.83. The van der Waals surface area contributed by atoms with Crippen LogP contribution in [0.15, 0.2) is 42.6 Å². The number of ether oxygens (including phenoxy) is 1. The van der Waals surface area contributed by atoms with Gasteiger partial charge in [0.1, 0.15) is 5.75 Å². The topological polar surface area (TPSA) is 118 Å². The minimum absolute atomic E-state index is 0.0624. The summed E-state index contributed by atoms with van der Waals surface area (Å²) in [5.74, 6) is 0.0956. The Balaban J connectivity index is 1.08. The molecule has 4 aliphatic rings. The SMILES string of the molecule is COc1cc(C)c2[nH]ccc2c1CN1CCC2(CC(C#N)C2)CC1c1ccc(C(=O)NC2CC3(C2)CC(C(=O)O)C3)cc1. The number of nitrogens with one attached hydrogen (secondary N) is 2. The first-order chi connectivity index (χ1) is 20.7. The number of nitrogens with zero attached hydrogens (tertiary/aromatic N) is 2. The van der Waals surface area contributed by atoms with Crippen molar-refractivity contribution in [1.82, 2.24) is 15.2 Å². The van der Waals surface area contributed by atoms with Crippen molar-refractivity contribution in [3.05, 3.63) is 64.8 Å². The summed E-state index contributed by atoms with van der Waals surface area (Å²) in [7, 11) is 1.74. The zero-order valence-corrected chi connectivity index (χ0v) is 25.0. The highest BCUT2D eigenvalue weighted by atomic mass is 16.5. The number of carbonyl (C=O) groups is 2. The zero-order valence-electron chi connectivity index (χ0n) is 25.0. The number of piperidine rings is 1. The molecule has 2 aromatic carbocycles. The van der Waals surface area contributed by atoms with Gasteiger partial charge in [-0.05, 0) is 111 Å². The third kappa shape index (κ3) is 4.88. The Labute approximate surface area is 252 Å². The average Bonchev–Trinajstić information content (AvgIpc) is 3.44. The maximum atomic E-state index is 13.1. The minimum Gasteiger partial charge on any atom is -0.496 e. The van der Waals surface area contributed by atoms with Crippen LogP contribution < -0.4 is 10.1 Å². The molecule has 0 bridgehead atoms. The van der Waals surface area contributed by atoms with E-state index in [1.807, 2.05) is 18.3 Å². The van der Waals surface area contributed by atoms with Gasteiger partial charge in [0.15, 0.2) is 0 Å². The lowest BCUT2D eigenvalue weighted by molar-refractivity contribution is -0.155. The molecule has 1 atom stereocenters. The second-order valence-electron chi connectivity index (χ2n) is 14.0. The van der Waals surface area contributed by atoms with Gasteiger partial charge in [-0.1, -0.05) is 12.1 Å². The van der Waals surface area contributed by atoms with Crippen LogP contribution in [0.3, 0.4) is 0 Å². The number of H-pyrrole nitrogens is 1. The van der Waals surface area contributed by atoms with Gasteiger partial charge in [0.2, 0.25) is 0 Å². The van der Waals surface area contributed by atoms with Crippen LogP contribution in [0.5, 0.6) is 5.75 Å². The molecule has 2 heterocycles. The standard InChI is InChI=1S/C35H40N4O4/c1-21-11-30(43-2)28(27-7-9-37-31(21)27)20-39-10-8-34(12-22(13-34)19-36)18-29(39)23-3-5-24(6-4-23)32(40)38-26-16-35(17-26)14-25(15-35)33(41)42/h3-7,9,11,22,25-26,29,37H,8,10,12-18,20H2,1-2H3,(H,38,40)(H,41,42). The molecule has 8 nitrogen and oxygen atoms in total. The molecule has 3 aliphatic carbocycles. The number of methoxy groups -OCH3 is 1. The van der Waals surface area contributed by atoms with Gasteiger partial charge >= 0.3 is 5.97 Å². The van der Waals surface area contributed by atoms with Crippen LogP contribution in [-0.2, 0) is 11.3 Å². The molecule has 1 amide bonds. The van der Waals surface area contributed by atoms with E-state index in [4.69, 9.17) is 4.74 Å². The number of aromatic nitrogens is 1. The number of carboxylic acid groups (broad SMARTS) is 1. The van der Waals surface area contributed by atoms with E-state index in [1.54, 1.807) is 7.11 Å². The number of rotatable bonds is 7. The lowest BCUT2D eigenvalue weighted by Crippen LogP contribution is -2.57. The maximum absolute atomic E-state index is 13.1. The first-order valence-electron chi connectivity index (χ1n) is 15.6. The molecule has 224 valence electrons. The van der Waals surface area contributed by atoms with E-state index in [0.29, 0.717) is 5.56 Å². The van der Waals surface area contributed by atoms with Crippen LogP contribution in [0.25, 0.3) is 10.9 Å². The highest BCUT2D eigenvalue weighted by Crippen LogP contribution is 2.59. The predicted octanol–water partition coefficient (Wildman–Crippen LogP) is 6.12. The molecule has 3 aromatic rings. The van der Waals surface area contributed by atoms with Gasteiger partial charge in [0, 0.05) is 52.8 Å². The van der Waals surface area contributed by atoms with Crippen LogP contribution in [0.4, 0.5) is 0 Å². The van der Waals surface area contributed by atoms with Crippen LogP contribution in [0, 0.1) is 40.9 Å². The number of nitriles is 1. The molecule has 3 N–H and O–H groups in total. The van der Waals surface area contributed by atoms with Gasteiger partial charge in [-0.2, -0.15) is 5.26 Å². The first kappa shape index (κ1) is 28.0. The van der Waals surface area contributed by atoms with E-state index in [1.165, 1.54) is 16.5 Å². The van der Waals surface area contributed by atoms with Crippen molar-refractivity contribution < 1.29 is 19.4 Å². The largest absolute Gasteiger partial charge is 0.496 e. The fourth-order valence-corrected chi connectivity index (χ4v) is 8.83. The van der Waals surface area contributed by atoms with Crippen molar-refractivity contribution in [3.8, 4) is 11.8 Å². The molecule has 3 saturated carbocycles. The van der Waals surface area contributed by atoms with E-state index in [9.17, 15) is 20.0 Å². The van der Waals surface area contributed by atoms with Gasteiger partial charge in [0.05, 0.1) is 19.1 Å². The summed E-state index contributed by atoms with van der Waals surface area (Å²) in [5, 5.41) is 23.1. The van der Waals surface area contributed by atoms with Crippen molar-refractivity contribution in [1.29, 1.82) is 5.26 Å². The summed E-state index contributed by atoms with van der Waals surface area (Å²) in [6.07, 6.45) is 9.25. The van der Waals surface area contributed by atoms with Gasteiger partial charge in [-0.15, -0.1) is 0 Å². The normalized spacial score (nSPS) is 31.6.